The van der Waals surface area contributed by atoms with Crippen LogP contribution in [0.3, 0.4) is 0 Å². The molecule has 3 N–H and O–H groups in total. The van der Waals surface area contributed by atoms with Gasteiger partial charge >= 0.3 is 5.97 Å². The molecule has 0 fully saturated rings. The average Bonchev–Trinajstić information content (AvgIpc) is 2.20. The molecule has 7 heteroatoms. The van der Waals surface area contributed by atoms with Crippen molar-refractivity contribution in [3.8, 4) is 0 Å². The van der Waals surface area contributed by atoms with Gasteiger partial charge in [-0.05, 0) is 17.7 Å². The van der Waals surface area contributed by atoms with E-state index in [4.69, 9.17) is 22.4 Å². The summed E-state index contributed by atoms with van der Waals surface area (Å²) in [7, 11) is -3.54. The third kappa shape index (κ3) is 4.72. The van der Waals surface area contributed by atoms with Gasteiger partial charge in [0.2, 0.25) is 0 Å². The average molecular weight is 278 g/mol. The summed E-state index contributed by atoms with van der Waals surface area (Å²) >= 11 is 5.66. The van der Waals surface area contributed by atoms with E-state index in [-0.39, 0.29) is 5.75 Å². The second-order valence-corrected chi connectivity index (χ2v) is 6.17. The van der Waals surface area contributed by atoms with Crippen LogP contribution in [0.1, 0.15) is 5.56 Å². The van der Waals surface area contributed by atoms with Crippen molar-refractivity contribution in [2.45, 2.75) is 11.8 Å². The predicted molar refractivity (Wildman–Crippen MR) is 64.6 cm³/mol. The van der Waals surface area contributed by atoms with Crippen LogP contribution in [0.25, 0.3) is 0 Å². The Bertz CT molecular complexity index is 498. The first-order chi connectivity index (χ1) is 7.80. The molecule has 5 nitrogen and oxygen atoms in total. The van der Waals surface area contributed by atoms with Gasteiger partial charge in [-0.15, -0.1) is 0 Å². The van der Waals surface area contributed by atoms with E-state index in [9.17, 15) is 13.2 Å². The molecule has 0 saturated heterocycles. The summed E-state index contributed by atoms with van der Waals surface area (Å²) in [6.45, 7) is 0. The fourth-order valence-corrected chi connectivity index (χ4v) is 2.87. The third-order valence-electron chi connectivity index (χ3n) is 2.05. The number of hydrogen-bond acceptors (Lipinski definition) is 4. The maximum Gasteiger partial charge on any atom is 0.321 e. The Morgan fingerprint density at radius 3 is 2.35 bits per heavy atom. The number of benzene rings is 1. The molecule has 94 valence electrons. The number of carboxylic acids is 1. The molecule has 0 aliphatic heterocycles. The molecule has 1 aromatic carbocycles. The Morgan fingerprint density at radius 1 is 1.35 bits per heavy atom. The van der Waals surface area contributed by atoms with Gasteiger partial charge < -0.3 is 10.8 Å². The Kier molecular flexibility index (Phi) is 4.50. The van der Waals surface area contributed by atoms with Crippen molar-refractivity contribution >= 4 is 27.4 Å². The monoisotopic (exact) mass is 277 g/mol. The van der Waals surface area contributed by atoms with E-state index in [0.717, 1.165) is 0 Å². The fraction of sp³-hybridized carbons (Fsp3) is 0.300. The zero-order valence-electron chi connectivity index (χ0n) is 8.84. The van der Waals surface area contributed by atoms with Crippen LogP contribution in [0.4, 0.5) is 0 Å². The van der Waals surface area contributed by atoms with E-state index in [0.29, 0.717) is 10.6 Å². The summed E-state index contributed by atoms with van der Waals surface area (Å²) in [6, 6.07) is 4.90. The normalized spacial score (nSPS) is 13.3. The van der Waals surface area contributed by atoms with Gasteiger partial charge in [-0.1, -0.05) is 23.7 Å². The summed E-state index contributed by atoms with van der Waals surface area (Å²) in [5.41, 5.74) is 5.73. The van der Waals surface area contributed by atoms with Crippen LogP contribution >= 0.6 is 11.6 Å². The van der Waals surface area contributed by atoms with Crippen molar-refractivity contribution in [1.29, 1.82) is 0 Å². The molecular weight excluding hydrogens is 266 g/mol. The molecule has 0 radical (unpaired) electrons. The van der Waals surface area contributed by atoms with Gasteiger partial charge in [0.1, 0.15) is 6.04 Å². The predicted octanol–water partition coefficient (Wildman–Crippen LogP) is 0.667. The minimum absolute atomic E-state index is 0.245. The van der Waals surface area contributed by atoms with Crippen LogP contribution in [0.5, 0.6) is 0 Å². The first-order valence-electron chi connectivity index (χ1n) is 4.73. The number of hydrogen-bond donors (Lipinski definition) is 2. The van der Waals surface area contributed by atoms with E-state index in [1.54, 1.807) is 24.3 Å². The number of rotatable bonds is 5. The molecule has 1 rings (SSSR count). The van der Waals surface area contributed by atoms with Crippen molar-refractivity contribution in [3.05, 3.63) is 34.9 Å². The van der Waals surface area contributed by atoms with Crippen LogP contribution in [0, 0.1) is 0 Å². The third-order valence-corrected chi connectivity index (χ3v) is 3.94. The number of carboxylic acid groups (broad SMARTS) is 1. The maximum absolute atomic E-state index is 11.6. The number of nitrogens with two attached hydrogens (primary N) is 1. The smallest absolute Gasteiger partial charge is 0.321 e. The molecule has 0 aromatic heterocycles. The zero-order valence-corrected chi connectivity index (χ0v) is 10.4. The summed E-state index contributed by atoms with van der Waals surface area (Å²) in [5, 5.41) is 9.05. The topological polar surface area (TPSA) is 97.5 Å². The fourth-order valence-electron chi connectivity index (χ4n) is 1.24. The number of halogens is 1. The molecule has 0 aliphatic rings. The summed E-state index contributed by atoms with van der Waals surface area (Å²) < 4.78 is 23.2. The first-order valence-corrected chi connectivity index (χ1v) is 6.93. The Balaban J connectivity index is 2.73. The van der Waals surface area contributed by atoms with Gasteiger partial charge in [0.15, 0.2) is 9.84 Å². The SMILES string of the molecule is NC(CS(=O)(=O)Cc1ccc(Cl)cc1)C(=O)O. The van der Waals surface area contributed by atoms with Gasteiger partial charge in [0.05, 0.1) is 11.5 Å². The lowest BCUT2D eigenvalue weighted by Crippen LogP contribution is -2.37. The van der Waals surface area contributed by atoms with Gasteiger partial charge in [-0.3, -0.25) is 4.79 Å². The number of sulfone groups is 1. The van der Waals surface area contributed by atoms with Crippen molar-refractivity contribution in [3.63, 3.8) is 0 Å². The molecular formula is C10H12ClNO4S. The highest BCUT2D eigenvalue weighted by Crippen LogP contribution is 2.12. The molecule has 1 aromatic rings. The summed E-state index contributed by atoms with van der Waals surface area (Å²) in [5.74, 6) is -2.15. The molecule has 0 bridgehead atoms. The summed E-state index contributed by atoms with van der Waals surface area (Å²) in [6.07, 6.45) is 0. The Hall–Kier alpha value is -1.11. The number of aliphatic carboxylic acids is 1. The Morgan fingerprint density at radius 2 is 1.88 bits per heavy atom. The highest BCUT2D eigenvalue weighted by atomic mass is 35.5. The van der Waals surface area contributed by atoms with E-state index in [1.165, 1.54) is 0 Å². The molecule has 0 heterocycles. The highest BCUT2D eigenvalue weighted by molar-refractivity contribution is 7.90. The van der Waals surface area contributed by atoms with E-state index < -0.39 is 27.6 Å². The van der Waals surface area contributed by atoms with Crippen LogP contribution in [0.15, 0.2) is 24.3 Å². The van der Waals surface area contributed by atoms with E-state index in [1.807, 2.05) is 0 Å². The lowest BCUT2D eigenvalue weighted by Gasteiger charge is -2.07. The maximum atomic E-state index is 11.6. The Labute approximate surface area is 104 Å². The lowest BCUT2D eigenvalue weighted by molar-refractivity contribution is -0.137. The van der Waals surface area contributed by atoms with Gasteiger partial charge in [0.25, 0.3) is 0 Å². The molecule has 0 aliphatic carbocycles. The first kappa shape index (κ1) is 14.0. The van der Waals surface area contributed by atoms with Crippen molar-refractivity contribution in [2.75, 3.05) is 5.75 Å². The lowest BCUT2D eigenvalue weighted by atomic mass is 10.2. The van der Waals surface area contributed by atoms with Gasteiger partial charge in [0, 0.05) is 5.02 Å². The van der Waals surface area contributed by atoms with Crippen LogP contribution < -0.4 is 5.73 Å². The second kappa shape index (κ2) is 5.48. The largest absolute Gasteiger partial charge is 0.480 e. The second-order valence-electron chi connectivity index (χ2n) is 3.63. The minimum atomic E-state index is -3.54. The van der Waals surface area contributed by atoms with Crippen molar-refractivity contribution in [1.82, 2.24) is 0 Å². The highest BCUT2D eigenvalue weighted by Gasteiger charge is 2.21. The summed E-state index contributed by atoms with van der Waals surface area (Å²) in [4.78, 5) is 10.5. The quantitative estimate of drug-likeness (QED) is 0.824. The van der Waals surface area contributed by atoms with Gasteiger partial charge in [-0.25, -0.2) is 8.42 Å². The molecule has 17 heavy (non-hydrogen) atoms. The minimum Gasteiger partial charge on any atom is -0.480 e. The number of carbonyl (C=O) groups is 1. The zero-order chi connectivity index (χ0) is 13.1. The van der Waals surface area contributed by atoms with E-state index in [2.05, 4.69) is 0 Å². The standard InChI is InChI=1S/C10H12ClNO4S/c11-8-3-1-7(2-4-8)5-17(15,16)6-9(12)10(13)14/h1-4,9H,5-6,12H2,(H,13,14). The van der Waals surface area contributed by atoms with Crippen molar-refractivity contribution in [2.24, 2.45) is 5.73 Å². The molecule has 0 spiro atoms. The van der Waals surface area contributed by atoms with Crippen LogP contribution in [-0.4, -0.2) is 31.3 Å². The molecule has 1 atom stereocenters. The van der Waals surface area contributed by atoms with Crippen molar-refractivity contribution < 1.29 is 18.3 Å². The van der Waals surface area contributed by atoms with E-state index >= 15 is 0 Å². The van der Waals surface area contributed by atoms with Crippen LogP contribution in [0.2, 0.25) is 5.02 Å². The van der Waals surface area contributed by atoms with Crippen LogP contribution in [-0.2, 0) is 20.4 Å². The van der Waals surface area contributed by atoms with Gasteiger partial charge in [-0.2, -0.15) is 0 Å². The molecule has 0 amide bonds. The molecule has 1 unspecified atom stereocenters. The molecule has 0 saturated carbocycles.